The van der Waals surface area contributed by atoms with Gasteiger partial charge in [0.1, 0.15) is 0 Å². The molecule has 1 spiro atoms. The van der Waals surface area contributed by atoms with E-state index in [1.807, 2.05) is 0 Å². The van der Waals surface area contributed by atoms with E-state index in [0.717, 1.165) is 12.0 Å². The van der Waals surface area contributed by atoms with Gasteiger partial charge in [0, 0.05) is 32.4 Å². The number of hydrogen-bond donors (Lipinski definition) is 1. The number of carbonyl (C=O) groups excluding carboxylic acids is 1. The number of piperidine rings is 1. The number of amides is 2. The second kappa shape index (κ2) is 6.33. The van der Waals surface area contributed by atoms with E-state index in [4.69, 9.17) is 5.11 Å². The molecule has 1 aromatic rings. The van der Waals surface area contributed by atoms with E-state index in [1.54, 1.807) is 29.2 Å². The summed E-state index contributed by atoms with van der Waals surface area (Å²) in [5.74, 6) is 0.0877. The summed E-state index contributed by atoms with van der Waals surface area (Å²) in [6.07, 6.45) is 2.13. The first kappa shape index (κ1) is 17.7. The molecular weight excluding hydrogens is 344 g/mol. The van der Waals surface area contributed by atoms with Crippen LogP contribution in [0.1, 0.15) is 24.8 Å². The average Bonchev–Trinajstić information content (AvgIpc) is 2.85. The molecule has 0 aliphatic carbocycles. The maximum atomic E-state index is 12.9. The predicted octanol–water partition coefficient (Wildman–Crippen LogP) is 1.58. The first-order chi connectivity index (χ1) is 11.7. The van der Waals surface area contributed by atoms with Crippen LogP contribution in [0, 0.1) is 5.41 Å². The Kier molecular flexibility index (Phi) is 4.49. The third kappa shape index (κ3) is 3.49. The van der Waals surface area contributed by atoms with Gasteiger partial charge in [0.15, 0.2) is 9.84 Å². The van der Waals surface area contributed by atoms with Gasteiger partial charge in [-0.15, -0.1) is 0 Å². The number of nitrogens with zero attached hydrogens (tertiary/aromatic N) is 2. The van der Waals surface area contributed by atoms with Gasteiger partial charge in [0.2, 0.25) is 5.91 Å². The Labute approximate surface area is 147 Å². The lowest BCUT2D eigenvalue weighted by molar-refractivity contribution is -0.138. The molecule has 0 unspecified atom stereocenters. The molecule has 0 aromatic heterocycles. The number of rotatable bonds is 3. The lowest BCUT2D eigenvalue weighted by Gasteiger charge is -2.36. The van der Waals surface area contributed by atoms with Crippen LogP contribution in [0.3, 0.4) is 0 Å². The molecule has 2 aliphatic rings. The van der Waals surface area contributed by atoms with Crippen molar-refractivity contribution in [1.29, 1.82) is 0 Å². The minimum atomic E-state index is -3.23. The van der Waals surface area contributed by atoms with Gasteiger partial charge in [-0.2, -0.15) is 0 Å². The van der Waals surface area contributed by atoms with Gasteiger partial charge in [0.25, 0.3) is 0 Å². The summed E-state index contributed by atoms with van der Waals surface area (Å²) in [4.78, 5) is 27.3. The van der Waals surface area contributed by atoms with Crippen molar-refractivity contribution in [3.05, 3.63) is 29.8 Å². The normalized spacial score (nSPS) is 20.3. The van der Waals surface area contributed by atoms with E-state index < -0.39 is 21.3 Å². The lowest BCUT2D eigenvalue weighted by Crippen LogP contribution is -2.46. The molecule has 8 heteroatoms. The first-order valence-corrected chi connectivity index (χ1v) is 10.2. The van der Waals surface area contributed by atoms with Crippen molar-refractivity contribution < 1.29 is 23.1 Å². The van der Waals surface area contributed by atoms with E-state index in [-0.39, 0.29) is 10.8 Å². The quantitative estimate of drug-likeness (QED) is 0.876. The predicted molar refractivity (Wildman–Crippen MR) is 90.9 cm³/mol. The smallest absolute Gasteiger partial charge is 0.407 e. The van der Waals surface area contributed by atoms with Crippen LogP contribution in [-0.2, 0) is 21.2 Å². The van der Waals surface area contributed by atoms with Crippen molar-refractivity contribution in [2.75, 3.05) is 25.9 Å². The third-order valence-corrected chi connectivity index (χ3v) is 6.45. The Bertz CT molecular complexity index is 780. The van der Waals surface area contributed by atoms with Gasteiger partial charge in [0.05, 0.1) is 10.3 Å². The molecule has 1 N–H and O–H groups in total. The van der Waals surface area contributed by atoms with Crippen LogP contribution in [0.5, 0.6) is 0 Å². The highest BCUT2D eigenvalue weighted by Gasteiger charge is 2.48. The van der Waals surface area contributed by atoms with Gasteiger partial charge in [-0.25, -0.2) is 13.2 Å². The van der Waals surface area contributed by atoms with E-state index in [2.05, 4.69) is 0 Å². The molecule has 0 saturated carbocycles. The molecule has 25 heavy (non-hydrogen) atoms. The average molecular weight is 366 g/mol. The van der Waals surface area contributed by atoms with Crippen LogP contribution in [0.15, 0.2) is 29.2 Å². The Balaban J connectivity index is 1.66. The van der Waals surface area contributed by atoms with Crippen LogP contribution in [0.25, 0.3) is 0 Å². The van der Waals surface area contributed by atoms with E-state index in [9.17, 15) is 18.0 Å². The summed E-state index contributed by atoms with van der Waals surface area (Å²) in [5.41, 5.74) is 0.458. The van der Waals surface area contributed by atoms with Gasteiger partial charge in [-0.3, -0.25) is 4.79 Å². The maximum absolute atomic E-state index is 12.9. The summed E-state index contributed by atoms with van der Waals surface area (Å²) in [6.45, 7) is 1.91. The molecular formula is C17H22N2O5S. The van der Waals surface area contributed by atoms with Crippen molar-refractivity contribution in [2.45, 2.75) is 30.7 Å². The Hall–Kier alpha value is -2.09. The third-order valence-electron chi connectivity index (χ3n) is 5.32. The number of sulfone groups is 1. The number of carboxylic acid groups (broad SMARTS) is 1. The largest absolute Gasteiger partial charge is 0.465 e. The Morgan fingerprint density at radius 1 is 1.12 bits per heavy atom. The Morgan fingerprint density at radius 3 is 2.20 bits per heavy atom. The molecule has 7 nitrogen and oxygen atoms in total. The van der Waals surface area contributed by atoms with Crippen molar-refractivity contribution in [2.24, 2.45) is 5.41 Å². The fourth-order valence-corrected chi connectivity index (χ4v) is 4.33. The van der Waals surface area contributed by atoms with Crippen molar-refractivity contribution >= 4 is 21.8 Å². The highest BCUT2D eigenvalue weighted by Crippen LogP contribution is 2.42. The Morgan fingerprint density at radius 2 is 1.68 bits per heavy atom. The van der Waals surface area contributed by atoms with Gasteiger partial charge < -0.3 is 14.9 Å². The molecule has 3 rings (SSSR count). The van der Waals surface area contributed by atoms with Crippen molar-refractivity contribution in [3.63, 3.8) is 0 Å². The lowest BCUT2D eigenvalue weighted by atomic mass is 9.77. The monoisotopic (exact) mass is 366 g/mol. The summed E-state index contributed by atoms with van der Waals surface area (Å²) < 4.78 is 23.0. The molecule has 2 heterocycles. The second-order valence-corrected chi connectivity index (χ2v) is 8.96. The summed E-state index contributed by atoms with van der Waals surface area (Å²) >= 11 is 0. The molecule has 2 aliphatic heterocycles. The number of likely N-dealkylation sites (tertiary alicyclic amines) is 2. The molecule has 2 amide bonds. The van der Waals surface area contributed by atoms with Crippen LogP contribution < -0.4 is 0 Å². The number of carbonyl (C=O) groups is 2. The zero-order chi connectivity index (χ0) is 18.2. The fourth-order valence-electron chi connectivity index (χ4n) is 3.70. The standard InChI is InChI=1S/C17H22N2O5S/c1-25(23,24)14-4-2-13(3-5-14)12-19-11-8-17(15(19)20)6-9-18(10-7-17)16(21)22/h2-5H,6-12H2,1H3,(H,21,22). The molecule has 2 fully saturated rings. The zero-order valence-electron chi connectivity index (χ0n) is 14.1. The summed E-state index contributed by atoms with van der Waals surface area (Å²) in [5, 5.41) is 9.05. The summed E-state index contributed by atoms with van der Waals surface area (Å²) in [6, 6.07) is 6.60. The SMILES string of the molecule is CS(=O)(=O)c1ccc(CN2CCC3(CCN(C(=O)O)CC3)C2=O)cc1. The van der Waals surface area contributed by atoms with Gasteiger partial charge >= 0.3 is 6.09 Å². The van der Waals surface area contributed by atoms with Gasteiger partial charge in [-0.1, -0.05) is 12.1 Å². The van der Waals surface area contributed by atoms with Crippen molar-refractivity contribution in [3.8, 4) is 0 Å². The molecule has 2 saturated heterocycles. The molecule has 136 valence electrons. The maximum Gasteiger partial charge on any atom is 0.407 e. The van der Waals surface area contributed by atoms with E-state index in [1.165, 1.54) is 11.2 Å². The van der Waals surface area contributed by atoms with Crippen LogP contribution in [0.2, 0.25) is 0 Å². The number of hydrogen-bond acceptors (Lipinski definition) is 4. The fraction of sp³-hybridized carbons (Fsp3) is 0.529. The van der Waals surface area contributed by atoms with E-state index >= 15 is 0 Å². The van der Waals surface area contributed by atoms with E-state index in [0.29, 0.717) is 39.0 Å². The molecule has 1 aromatic carbocycles. The zero-order valence-corrected chi connectivity index (χ0v) is 15.0. The topological polar surface area (TPSA) is 95.0 Å². The second-order valence-electron chi connectivity index (χ2n) is 6.94. The van der Waals surface area contributed by atoms with Crippen molar-refractivity contribution in [1.82, 2.24) is 9.80 Å². The minimum absolute atomic E-state index is 0.0877. The van der Waals surface area contributed by atoms with Crippen LogP contribution in [0.4, 0.5) is 4.79 Å². The highest BCUT2D eigenvalue weighted by molar-refractivity contribution is 7.90. The van der Waals surface area contributed by atoms with Crippen LogP contribution >= 0.6 is 0 Å². The van der Waals surface area contributed by atoms with Gasteiger partial charge in [-0.05, 0) is 37.0 Å². The summed E-state index contributed by atoms with van der Waals surface area (Å²) in [7, 11) is -3.23. The first-order valence-electron chi connectivity index (χ1n) is 8.28. The highest BCUT2D eigenvalue weighted by atomic mass is 32.2. The van der Waals surface area contributed by atoms with Crippen LogP contribution in [-0.4, -0.2) is 61.2 Å². The minimum Gasteiger partial charge on any atom is -0.465 e. The molecule has 0 bridgehead atoms. The molecule has 0 radical (unpaired) electrons. The number of benzene rings is 1. The molecule has 0 atom stereocenters.